The molecule has 0 aromatic heterocycles. The molecule has 0 aliphatic carbocycles. The van der Waals surface area contributed by atoms with E-state index in [0.29, 0.717) is 12.6 Å². The molecule has 0 radical (unpaired) electrons. The van der Waals surface area contributed by atoms with Crippen LogP contribution in [0.3, 0.4) is 0 Å². The fourth-order valence-corrected chi connectivity index (χ4v) is 2.81. The molecule has 5 heteroatoms. The number of benzene rings is 1. The van der Waals surface area contributed by atoms with E-state index in [-0.39, 0.29) is 6.03 Å². The molecule has 2 N–H and O–H groups in total. The minimum absolute atomic E-state index is 0.0760. The van der Waals surface area contributed by atoms with E-state index in [1.807, 2.05) is 25.1 Å². The Hall–Kier alpha value is -1.07. The van der Waals surface area contributed by atoms with Gasteiger partial charge in [-0.3, -0.25) is 0 Å². The Balaban J connectivity index is 1.79. The van der Waals surface area contributed by atoms with Crippen LogP contribution in [0.1, 0.15) is 24.0 Å². The molecule has 1 aliphatic heterocycles. The van der Waals surface area contributed by atoms with Crippen molar-refractivity contribution in [2.45, 2.75) is 32.4 Å². The lowest BCUT2D eigenvalue weighted by atomic mass is 10.1. The van der Waals surface area contributed by atoms with Crippen molar-refractivity contribution in [3.8, 4) is 0 Å². The van der Waals surface area contributed by atoms with Crippen LogP contribution in [0.2, 0.25) is 0 Å². The first-order valence-electron chi connectivity index (χ1n) is 7.03. The number of carbonyl (C=O) groups excluding carboxylic acids is 1. The van der Waals surface area contributed by atoms with Crippen LogP contribution in [0.15, 0.2) is 22.7 Å². The van der Waals surface area contributed by atoms with Crippen molar-refractivity contribution in [1.82, 2.24) is 15.5 Å². The average molecular weight is 340 g/mol. The SMILES string of the molecule is Cc1cccc(CNC(=O)NC2CCN(C)CC2)c1Br. The number of amides is 2. The first-order valence-corrected chi connectivity index (χ1v) is 7.82. The zero-order valence-corrected chi connectivity index (χ0v) is 13.7. The summed E-state index contributed by atoms with van der Waals surface area (Å²) in [6.45, 7) is 4.69. The molecule has 0 spiro atoms. The van der Waals surface area contributed by atoms with Crippen molar-refractivity contribution < 1.29 is 4.79 Å². The van der Waals surface area contributed by atoms with E-state index in [4.69, 9.17) is 0 Å². The number of piperidine rings is 1. The van der Waals surface area contributed by atoms with Crippen LogP contribution in [0.25, 0.3) is 0 Å². The number of carbonyl (C=O) groups is 1. The Morgan fingerprint density at radius 3 is 2.80 bits per heavy atom. The van der Waals surface area contributed by atoms with E-state index >= 15 is 0 Å². The lowest BCUT2D eigenvalue weighted by Crippen LogP contribution is -2.46. The van der Waals surface area contributed by atoms with E-state index in [1.165, 1.54) is 5.56 Å². The van der Waals surface area contributed by atoms with Crippen LogP contribution < -0.4 is 10.6 Å². The molecule has 0 bridgehead atoms. The molecule has 20 heavy (non-hydrogen) atoms. The van der Waals surface area contributed by atoms with Gasteiger partial charge in [0.1, 0.15) is 0 Å². The standard InChI is InChI=1S/C15H22BrN3O/c1-11-4-3-5-12(14(11)16)10-17-15(20)18-13-6-8-19(2)9-7-13/h3-5,13H,6-10H2,1-2H3,(H2,17,18,20). The summed E-state index contributed by atoms with van der Waals surface area (Å²) in [6, 6.07) is 6.30. The number of halogens is 1. The summed E-state index contributed by atoms with van der Waals surface area (Å²) in [4.78, 5) is 14.2. The summed E-state index contributed by atoms with van der Waals surface area (Å²) in [5.41, 5.74) is 2.28. The maximum absolute atomic E-state index is 11.9. The van der Waals surface area contributed by atoms with Gasteiger partial charge in [0, 0.05) is 17.1 Å². The van der Waals surface area contributed by atoms with Gasteiger partial charge in [-0.25, -0.2) is 4.79 Å². The smallest absolute Gasteiger partial charge is 0.315 e. The molecular formula is C15H22BrN3O. The van der Waals surface area contributed by atoms with Gasteiger partial charge in [-0.15, -0.1) is 0 Å². The monoisotopic (exact) mass is 339 g/mol. The number of nitrogens with zero attached hydrogens (tertiary/aromatic N) is 1. The van der Waals surface area contributed by atoms with E-state index < -0.39 is 0 Å². The number of rotatable bonds is 3. The Bertz CT molecular complexity index is 470. The molecule has 1 fully saturated rings. The highest BCUT2D eigenvalue weighted by Crippen LogP contribution is 2.20. The third-order valence-electron chi connectivity index (χ3n) is 3.76. The van der Waals surface area contributed by atoms with Gasteiger partial charge in [0.25, 0.3) is 0 Å². The lowest BCUT2D eigenvalue weighted by molar-refractivity contribution is 0.213. The van der Waals surface area contributed by atoms with Crippen LogP contribution in [-0.4, -0.2) is 37.1 Å². The maximum atomic E-state index is 11.9. The van der Waals surface area contributed by atoms with Crippen molar-refractivity contribution in [2.24, 2.45) is 0 Å². The molecule has 0 atom stereocenters. The predicted octanol–water partition coefficient (Wildman–Crippen LogP) is 2.65. The van der Waals surface area contributed by atoms with Gasteiger partial charge < -0.3 is 15.5 Å². The fourth-order valence-electron chi connectivity index (χ4n) is 2.41. The highest BCUT2D eigenvalue weighted by molar-refractivity contribution is 9.10. The summed E-state index contributed by atoms with van der Waals surface area (Å²) in [7, 11) is 2.12. The second-order valence-corrected chi connectivity index (χ2v) is 6.25. The first kappa shape index (κ1) is 15.3. The Kier molecular flexibility index (Phi) is 5.43. The van der Waals surface area contributed by atoms with Crippen LogP contribution >= 0.6 is 15.9 Å². The van der Waals surface area contributed by atoms with Gasteiger partial charge in [0.15, 0.2) is 0 Å². The number of aryl methyl sites for hydroxylation is 1. The molecule has 0 unspecified atom stereocenters. The van der Waals surface area contributed by atoms with Gasteiger partial charge >= 0.3 is 6.03 Å². The summed E-state index contributed by atoms with van der Waals surface area (Å²) in [5, 5.41) is 5.98. The van der Waals surface area contributed by atoms with Crippen molar-refractivity contribution in [3.63, 3.8) is 0 Å². The molecule has 1 saturated heterocycles. The zero-order valence-electron chi connectivity index (χ0n) is 12.1. The topological polar surface area (TPSA) is 44.4 Å². The van der Waals surface area contributed by atoms with Crippen LogP contribution in [-0.2, 0) is 6.54 Å². The molecule has 2 rings (SSSR count). The fraction of sp³-hybridized carbons (Fsp3) is 0.533. The van der Waals surface area contributed by atoms with Gasteiger partial charge in [0.05, 0.1) is 0 Å². The second-order valence-electron chi connectivity index (χ2n) is 5.45. The second kappa shape index (κ2) is 7.09. The third-order valence-corrected chi connectivity index (χ3v) is 4.90. The van der Waals surface area contributed by atoms with Crippen molar-refractivity contribution >= 4 is 22.0 Å². The Morgan fingerprint density at radius 2 is 2.10 bits per heavy atom. The summed E-state index contributed by atoms with van der Waals surface area (Å²) < 4.78 is 1.07. The molecular weight excluding hydrogens is 318 g/mol. The normalized spacial score (nSPS) is 16.9. The van der Waals surface area contributed by atoms with Gasteiger partial charge in [-0.05, 0) is 51.0 Å². The largest absolute Gasteiger partial charge is 0.335 e. The number of hydrogen-bond acceptors (Lipinski definition) is 2. The predicted molar refractivity (Wildman–Crippen MR) is 84.8 cm³/mol. The maximum Gasteiger partial charge on any atom is 0.315 e. The van der Waals surface area contributed by atoms with Crippen molar-refractivity contribution in [3.05, 3.63) is 33.8 Å². The molecule has 4 nitrogen and oxygen atoms in total. The van der Waals surface area contributed by atoms with Crippen molar-refractivity contribution in [2.75, 3.05) is 20.1 Å². The molecule has 2 amide bonds. The minimum atomic E-state index is -0.0760. The lowest BCUT2D eigenvalue weighted by Gasteiger charge is -2.29. The summed E-state index contributed by atoms with van der Waals surface area (Å²) in [5.74, 6) is 0. The first-order chi connectivity index (χ1) is 9.56. The highest BCUT2D eigenvalue weighted by Gasteiger charge is 2.18. The molecule has 110 valence electrons. The number of hydrogen-bond donors (Lipinski definition) is 2. The molecule has 1 aromatic rings. The number of nitrogens with one attached hydrogen (secondary N) is 2. The minimum Gasteiger partial charge on any atom is -0.335 e. The quantitative estimate of drug-likeness (QED) is 0.889. The van der Waals surface area contributed by atoms with E-state index in [0.717, 1.165) is 36.0 Å². The molecule has 1 aliphatic rings. The number of urea groups is 1. The molecule has 1 aromatic carbocycles. The van der Waals surface area contributed by atoms with Gasteiger partial charge in [-0.2, -0.15) is 0 Å². The van der Waals surface area contributed by atoms with Crippen LogP contribution in [0, 0.1) is 6.92 Å². The summed E-state index contributed by atoms with van der Waals surface area (Å²) >= 11 is 3.56. The molecule has 0 saturated carbocycles. The van der Waals surface area contributed by atoms with E-state index in [1.54, 1.807) is 0 Å². The Morgan fingerprint density at radius 1 is 1.40 bits per heavy atom. The van der Waals surface area contributed by atoms with Gasteiger partial charge in [-0.1, -0.05) is 34.1 Å². The van der Waals surface area contributed by atoms with E-state index in [2.05, 4.69) is 38.5 Å². The Labute approximate surface area is 129 Å². The highest BCUT2D eigenvalue weighted by atomic mass is 79.9. The van der Waals surface area contributed by atoms with Crippen molar-refractivity contribution in [1.29, 1.82) is 0 Å². The van der Waals surface area contributed by atoms with Crippen LogP contribution in [0.4, 0.5) is 4.79 Å². The van der Waals surface area contributed by atoms with Crippen LogP contribution in [0.5, 0.6) is 0 Å². The number of likely N-dealkylation sites (tertiary alicyclic amines) is 1. The molecule has 1 heterocycles. The zero-order chi connectivity index (χ0) is 14.5. The van der Waals surface area contributed by atoms with Gasteiger partial charge in [0.2, 0.25) is 0 Å². The third kappa shape index (κ3) is 4.21. The summed E-state index contributed by atoms with van der Waals surface area (Å²) in [6.07, 6.45) is 2.05. The van der Waals surface area contributed by atoms with E-state index in [9.17, 15) is 4.79 Å². The average Bonchev–Trinajstić information content (AvgIpc) is 2.43.